The number of hydrogen-bond donors (Lipinski definition) is 5. The van der Waals surface area contributed by atoms with Crippen molar-refractivity contribution in [1.82, 2.24) is 0 Å². The lowest BCUT2D eigenvalue weighted by molar-refractivity contribution is -0.271. The fourth-order valence-electron chi connectivity index (χ4n) is 2.02. The molecule has 0 bridgehead atoms. The Morgan fingerprint density at radius 3 is 2.23 bits per heavy atom. The van der Waals surface area contributed by atoms with E-state index < -0.39 is 42.6 Å². The Kier molecular flexibility index (Phi) is 4.62. The number of rotatable bonds is 4. The zero-order chi connectivity index (χ0) is 16.4. The molecule has 1 aliphatic heterocycles. The van der Waals surface area contributed by atoms with Crippen LogP contribution in [0.1, 0.15) is 10.4 Å². The molecule has 1 saturated heterocycles. The van der Waals surface area contributed by atoms with Crippen LogP contribution in [-0.4, -0.2) is 68.2 Å². The Morgan fingerprint density at radius 2 is 1.64 bits per heavy atom. The zero-order valence-corrected chi connectivity index (χ0v) is 11.1. The van der Waals surface area contributed by atoms with Crippen LogP contribution in [0.4, 0.5) is 0 Å². The molecule has 0 radical (unpaired) electrons. The second-order valence-corrected chi connectivity index (χ2v) is 4.65. The molecule has 2 rings (SSSR count). The Labute approximate surface area is 124 Å². The second kappa shape index (κ2) is 6.28. The highest BCUT2D eigenvalue weighted by molar-refractivity contribution is 5.90. The van der Waals surface area contributed by atoms with Crippen LogP contribution >= 0.6 is 0 Å². The van der Waals surface area contributed by atoms with Gasteiger partial charge in [-0.05, 0) is 12.1 Å². The molecule has 1 fully saturated rings. The van der Waals surface area contributed by atoms with Crippen molar-refractivity contribution in [3.05, 3.63) is 29.8 Å². The summed E-state index contributed by atoms with van der Waals surface area (Å²) in [6.07, 6.45) is -8.90. The van der Waals surface area contributed by atoms with Crippen molar-refractivity contribution in [2.75, 3.05) is 0 Å². The third kappa shape index (κ3) is 3.02. The standard InChI is InChI=1S/C13H14O9/c14-7-8(15)10(12(19)20)22-13(9(7)16)21-6-4-2-1-3-5(6)11(17)18/h1-4,7-10,13-16H,(H,17,18)(H,19,20)/t7-,8?,9+,10?,13-/m1/s1. The molecule has 5 N–H and O–H groups in total. The van der Waals surface area contributed by atoms with E-state index in [2.05, 4.69) is 0 Å². The first-order chi connectivity index (χ1) is 10.3. The number of aliphatic hydroxyl groups is 3. The van der Waals surface area contributed by atoms with Crippen molar-refractivity contribution in [3.8, 4) is 5.75 Å². The maximum absolute atomic E-state index is 11.1. The van der Waals surface area contributed by atoms with Crippen LogP contribution in [0.15, 0.2) is 24.3 Å². The van der Waals surface area contributed by atoms with E-state index in [1.807, 2.05) is 0 Å². The van der Waals surface area contributed by atoms with E-state index >= 15 is 0 Å². The number of carboxylic acids is 2. The number of hydrogen-bond acceptors (Lipinski definition) is 7. The van der Waals surface area contributed by atoms with Gasteiger partial charge in [0, 0.05) is 0 Å². The first kappa shape index (κ1) is 16.2. The van der Waals surface area contributed by atoms with Gasteiger partial charge in [-0.25, -0.2) is 9.59 Å². The van der Waals surface area contributed by atoms with Crippen molar-refractivity contribution in [3.63, 3.8) is 0 Å². The lowest BCUT2D eigenvalue weighted by Gasteiger charge is -2.38. The summed E-state index contributed by atoms with van der Waals surface area (Å²) < 4.78 is 10.1. The third-order valence-electron chi connectivity index (χ3n) is 3.17. The predicted molar refractivity (Wildman–Crippen MR) is 68.3 cm³/mol. The first-order valence-corrected chi connectivity index (χ1v) is 6.24. The molecule has 120 valence electrons. The smallest absolute Gasteiger partial charge is 0.339 e. The Bertz CT molecular complexity index is 572. The summed E-state index contributed by atoms with van der Waals surface area (Å²) in [5.41, 5.74) is -0.231. The minimum atomic E-state index is -1.85. The van der Waals surface area contributed by atoms with Gasteiger partial charge in [-0.2, -0.15) is 0 Å². The number of benzene rings is 1. The molecule has 1 aromatic carbocycles. The molecule has 0 amide bonds. The average Bonchev–Trinajstić information content (AvgIpc) is 2.47. The van der Waals surface area contributed by atoms with Crippen molar-refractivity contribution >= 4 is 11.9 Å². The van der Waals surface area contributed by atoms with Crippen molar-refractivity contribution in [2.45, 2.75) is 30.7 Å². The molecule has 0 aromatic heterocycles. The molecule has 1 aromatic rings. The molecule has 0 spiro atoms. The molecular formula is C13H14O9. The van der Waals surface area contributed by atoms with E-state index in [0.717, 1.165) is 0 Å². The SMILES string of the molecule is O=C(O)c1ccccc1O[C@@H]1OC(C(=O)O)C(O)[C@@H](O)[C@@H]1O. The van der Waals surface area contributed by atoms with Crippen LogP contribution in [0.25, 0.3) is 0 Å². The number of ether oxygens (including phenoxy) is 2. The maximum Gasteiger partial charge on any atom is 0.339 e. The zero-order valence-electron chi connectivity index (χ0n) is 11.1. The van der Waals surface area contributed by atoms with E-state index in [9.17, 15) is 24.9 Å². The van der Waals surface area contributed by atoms with Crippen LogP contribution in [-0.2, 0) is 9.53 Å². The maximum atomic E-state index is 11.1. The monoisotopic (exact) mass is 314 g/mol. The van der Waals surface area contributed by atoms with Gasteiger partial charge in [-0.15, -0.1) is 0 Å². The number of para-hydroxylation sites is 1. The fourth-order valence-corrected chi connectivity index (χ4v) is 2.02. The quantitative estimate of drug-likeness (QED) is 0.454. The molecular weight excluding hydrogens is 300 g/mol. The van der Waals surface area contributed by atoms with Gasteiger partial charge in [0.2, 0.25) is 6.29 Å². The van der Waals surface area contributed by atoms with Crippen LogP contribution in [0.5, 0.6) is 5.75 Å². The molecule has 1 heterocycles. The summed E-state index contributed by atoms with van der Waals surface area (Å²) in [6.45, 7) is 0. The van der Waals surface area contributed by atoms with Gasteiger partial charge in [0.25, 0.3) is 0 Å². The molecule has 0 aliphatic carbocycles. The highest BCUT2D eigenvalue weighted by Gasteiger charge is 2.48. The fraction of sp³-hybridized carbons (Fsp3) is 0.385. The summed E-state index contributed by atoms with van der Waals surface area (Å²) in [6, 6.07) is 5.45. The van der Waals surface area contributed by atoms with E-state index in [0.29, 0.717) is 0 Å². The van der Waals surface area contributed by atoms with Crippen molar-refractivity contribution < 1.29 is 44.6 Å². The third-order valence-corrected chi connectivity index (χ3v) is 3.17. The van der Waals surface area contributed by atoms with E-state index in [1.165, 1.54) is 24.3 Å². The highest BCUT2D eigenvalue weighted by atomic mass is 16.7. The molecule has 9 heteroatoms. The summed E-state index contributed by atoms with van der Waals surface area (Å²) in [4.78, 5) is 22.0. The van der Waals surface area contributed by atoms with Gasteiger partial charge in [0.15, 0.2) is 6.10 Å². The first-order valence-electron chi connectivity index (χ1n) is 6.24. The molecule has 22 heavy (non-hydrogen) atoms. The van der Waals surface area contributed by atoms with Crippen molar-refractivity contribution in [2.24, 2.45) is 0 Å². The van der Waals surface area contributed by atoms with Gasteiger partial charge >= 0.3 is 11.9 Å². The minimum Gasteiger partial charge on any atom is -0.479 e. The summed E-state index contributed by atoms with van der Waals surface area (Å²) in [5.74, 6) is -3.03. The van der Waals surface area contributed by atoms with Gasteiger partial charge in [0.05, 0.1) is 0 Å². The van der Waals surface area contributed by atoms with Gasteiger partial charge in [-0.1, -0.05) is 12.1 Å². The molecule has 9 nitrogen and oxygen atoms in total. The van der Waals surface area contributed by atoms with Gasteiger partial charge in [-0.3, -0.25) is 0 Å². The van der Waals surface area contributed by atoms with Crippen LogP contribution in [0.3, 0.4) is 0 Å². The second-order valence-electron chi connectivity index (χ2n) is 4.65. The molecule has 2 unspecified atom stereocenters. The average molecular weight is 314 g/mol. The summed E-state index contributed by atoms with van der Waals surface area (Å²) in [7, 11) is 0. The molecule has 0 saturated carbocycles. The lowest BCUT2D eigenvalue weighted by Crippen LogP contribution is -2.61. The largest absolute Gasteiger partial charge is 0.479 e. The minimum absolute atomic E-state index is 0.174. The Morgan fingerprint density at radius 1 is 1.00 bits per heavy atom. The van der Waals surface area contributed by atoms with E-state index in [4.69, 9.17) is 19.7 Å². The van der Waals surface area contributed by atoms with Gasteiger partial charge in [0.1, 0.15) is 29.6 Å². The topological polar surface area (TPSA) is 154 Å². The van der Waals surface area contributed by atoms with Crippen LogP contribution in [0, 0.1) is 0 Å². The number of aromatic carboxylic acids is 1. The summed E-state index contributed by atoms with van der Waals surface area (Å²) >= 11 is 0. The predicted octanol–water partition coefficient (Wildman–Crippen LogP) is -1.34. The summed E-state index contributed by atoms with van der Waals surface area (Å²) in [5, 5.41) is 46.9. The highest BCUT2D eigenvalue weighted by Crippen LogP contribution is 2.26. The number of aliphatic carboxylic acids is 1. The van der Waals surface area contributed by atoms with E-state index in [1.54, 1.807) is 0 Å². The van der Waals surface area contributed by atoms with Gasteiger partial charge < -0.3 is 35.0 Å². The molecule has 5 atom stereocenters. The van der Waals surface area contributed by atoms with E-state index in [-0.39, 0.29) is 11.3 Å². The normalized spacial score (nSPS) is 31.5. The Hall–Kier alpha value is -2.20. The molecule has 1 aliphatic rings. The number of aliphatic hydroxyl groups excluding tert-OH is 3. The number of carboxylic acid groups (broad SMARTS) is 2. The van der Waals surface area contributed by atoms with Crippen LogP contribution < -0.4 is 4.74 Å². The van der Waals surface area contributed by atoms with Crippen molar-refractivity contribution in [1.29, 1.82) is 0 Å². The lowest BCUT2D eigenvalue weighted by atomic mass is 9.99. The van der Waals surface area contributed by atoms with Crippen LogP contribution in [0.2, 0.25) is 0 Å². The number of carbonyl (C=O) groups is 2. The Balaban J connectivity index is 2.25.